The number of aryl methyl sites for hydroxylation is 1. The topological polar surface area (TPSA) is 112 Å². The Bertz CT molecular complexity index is 1560. The van der Waals surface area contributed by atoms with Crippen molar-refractivity contribution in [3.05, 3.63) is 92.8 Å². The summed E-state index contributed by atoms with van der Waals surface area (Å²) in [5.41, 5.74) is 4.99. The van der Waals surface area contributed by atoms with Gasteiger partial charge >= 0.3 is 0 Å². The van der Waals surface area contributed by atoms with E-state index in [1.807, 2.05) is 35.9 Å². The lowest BCUT2D eigenvalue weighted by molar-refractivity contribution is 0.274. The van der Waals surface area contributed by atoms with E-state index in [0.717, 1.165) is 27.8 Å². The van der Waals surface area contributed by atoms with Crippen LogP contribution in [-0.4, -0.2) is 42.3 Å². The van der Waals surface area contributed by atoms with Gasteiger partial charge in [-0.3, -0.25) is 4.79 Å². The second kappa shape index (κ2) is 9.58. The number of aromatic amines is 2. The Morgan fingerprint density at radius 1 is 1.17 bits per heavy atom. The van der Waals surface area contributed by atoms with Crippen molar-refractivity contribution in [2.24, 2.45) is 0 Å². The van der Waals surface area contributed by atoms with Crippen LogP contribution >= 0.6 is 23.2 Å². The van der Waals surface area contributed by atoms with Gasteiger partial charge in [0.15, 0.2) is 0 Å². The number of pyridine rings is 1. The molecule has 2 aromatic carbocycles. The molecule has 1 atom stereocenters. The predicted molar refractivity (Wildman–Crippen MR) is 139 cm³/mol. The standard InChI is InChI=1S/C25H22Cl2N6O2/c1-14-8-17(33-7-6-28-13-33)11-21-23(14)32-24(31-21)22-20(4-5-29-25(22)35)30-16(12-34)9-15-2-3-18(26)19(27)10-15/h2-8,10-11,13,16,34H,9,12H2,1H3,(H,31,32)(H2,29,30,35)/t16-/m0/s1. The van der Waals surface area contributed by atoms with Crippen LogP contribution in [0.1, 0.15) is 11.1 Å². The summed E-state index contributed by atoms with van der Waals surface area (Å²) in [6.45, 7) is 1.82. The Kier molecular flexibility index (Phi) is 6.34. The zero-order valence-electron chi connectivity index (χ0n) is 18.7. The van der Waals surface area contributed by atoms with Crippen LogP contribution in [0.4, 0.5) is 5.69 Å². The SMILES string of the molecule is Cc1cc(-n2ccnc2)cc2[nH]c(-c3c(N[C@H](CO)Cc4ccc(Cl)c(Cl)c4)cc[nH]c3=O)nc12. The monoisotopic (exact) mass is 508 g/mol. The van der Waals surface area contributed by atoms with Gasteiger partial charge in [-0.2, -0.15) is 0 Å². The highest BCUT2D eigenvalue weighted by Crippen LogP contribution is 2.28. The van der Waals surface area contributed by atoms with E-state index in [1.54, 1.807) is 36.9 Å². The van der Waals surface area contributed by atoms with Gasteiger partial charge < -0.3 is 25.0 Å². The summed E-state index contributed by atoms with van der Waals surface area (Å²) in [5.74, 6) is 0.432. The van der Waals surface area contributed by atoms with Gasteiger partial charge in [-0.15, -0.1) is 0 Å². The van der Waals surface area contributed by atoms with Gasteiger partial charge in [0.25, 0.3) is 5.56 Å². The van der Waals surface area contributed by atoms with E-state index in [0.29, 0.717) is 33.5 Å². The first-order valence-corrected chi connectivity index (χ1v) is 11.7. The normalized spacial score (nSPS) is 12.2. The number of aliphatic hydroxyl groups is 1. The third kappa shape index (κ3) is 4.68. The number of fused-ring (bicyclic) bond motifs is 1. The lowest BCUT2D eigenvalue weighted by Gasteiger charge is -2.19. The van der Waals surface area contributed by atoms with E-state index in [2.05, 4.69) is 20.3 Å². The van der Waals surface area contributed by atoms with Gasteiger partial charge in [0, 0.05) is 24.3 Å². The van der Waals surface area contributed by atoms with E-state index in [9.17, 15) is 9.90 Å². The number of aromatic nitrogens is 5. The second-order valence-corrected chi connectivity index (χ2v) is 9.10. The number of benzene rings is 2. The quantitative estimate of drug-likeness (QED) is 0.253. The van der Waals surface area contributed by atoms with E-state index in [4.69, 9.17) is 28.2 Å². The van der Waals surface area contributed by atoms with Crippen molar-refractivity contribution in [3.8, 4) is 17.1 Å². The van der Waals surface area contributed by atoms with Crippen molar-refractivity contribution in [1.29, 1.82) is 0 Å². The fourth-order valence-corrected chi connectivity index (χ4v) is 4.44. The fourth-order valence-electron chi connectivity index (χ4n) is 4.12. The van der Waals surface area contributed by atoms with Crippen LogP contribution in [0.25, 0.3) is 28.1 Å². The zero-order valence-corrected chi connectivity index (χ0v) is 20.2. The summed E-state index contributed by atoms with van der Waals surface area (Å²) in [6, 6.07) is 10.7. The molecule has 0 saturated heterocycles. The average molecular weight is 509 g/mol. The summed E-state index contributed by atoms with van der Waals surface area (Å²) in [6.07, 6.45) is 7.35. The third-order valence-electron chi connectivity index (χ3n) is 5.81. The molecule has 3 heterocycles. The minimum atomic E-state index is -0.369. The number of imidazole rings is 2. The molecule has 0 aliphatic rings. The Labute approximate surface area is 210 Å². The number of H-pyrrole nitrogens is 2. The lowest BCUT2D eigenvalue weighted by atomic mass is 10.1. The summed E-state index contributed by atoms with van der Waals surface area (Å²) in [4.78, 5) is 27.8. The van der Waals surface area contributed by atoms with Crippen molar-refractivity contribution in [2.45, 2.75) is 19.4 Å². The van der Waals surface area contributed by atoms with Gasteiger partial charge in [-0.05, 0) is 54.8 Å². The van der Waals surface area contributed by atoms with Crippen molar-refractivity contribution < 1.29 is 5.11 Å². The molecule has 0 amide bonds. The highest BCUT2D eigenvalue weighted by atomic mass is 35.5. The molecule has 0 bridgehead atoms. The van der Waals surface area contributed by atoms with Crippen LogP contribution in [0.15, 0.2) is 66.1 Å². The summed E-state index contributed by atoms with van der Waals surface area (Å²) >= 11 is 12.2. The molecule has 35 heavy (non-hydrogen) atoms. The van der Waals surface area contributed by atoms with Crippen molar-refractivity contribution in [3.63, 3.8) is 0 Å². The molecule has 0 unspecified atom stereocenters. The molecular weight excluding hydrogens is 487 g/mol. The maximum Gasteiger partial charge on any atom is 0.261 e. The average Bonchev–Trinajstić information content (AvgIpc) is 3.51. The molecule has 0 spiro atoms. The van der Waals surface area contributed by atoms with E-state index >= 15 is 0 Å². The molecule has 4 N–H and O–H groups in total. The number of anilines is 1. The number of hydrogen-bond donors (Lipinski definition) is 4. The predicted octanol–water partition coefficient (Wildman–Crippen LogP) is 4.73. The number of nitrogens with zero attached hydrogens (tertiary/aromatic N) is 3. The fraction of sp³-hybridized carbons (Fsp3) is 0.160. The van der Waals surface area contributed by atoms with Crippen LogP contribution in [0.3, 0.4) is 0 Å². The maximum absolute atomic E-state index is 12.9. The van der Waals surface area contributed by atoms with Gasteiger partial charge in [-0.25, -0.2) is 9.97 Å². The van der Waals surface area contributed by atoms with Gasteiger partial charge in [0.2, 0.25) is 0 Å². The molecule has 5 aromatic rings. The molecule has 0 aliphatic carbocycles. The first-order valence-electron chi connectivity index (χ1n) is 10.9. The molecule has 0 radical (unpaired) electrons. The van der Waals surface area contributed by atoms with E-state index in [1.165, 1.54) is 0 Å². The number of nitrogens with one attached hydrogen (secondary N) is 3. The van der Waals surface area contributed by atoms with Gasteiger partial charge in [-0.1, -0.05) is 29.3 Å². The smallest absolute Gasteiger partial charge is 0.261 e. The van der Waals surface area contributed by atoms with Crippen molar-refractivity contribution in [1.82, 2.24) is 24.5 Å². The molecule has 3 aromatic heterocycles. The highest BCUT2D eigenvalue weighted by Gasteiger charge is 2.19. The Balaban J connectivity index is 1.51. The summed E-state index contributed by atoms with van der Waals surface area (Å²) in [5, 5.41) is 14.2. The second-order valence-electron chi connectivity index (χ2n) is 8.29. The van der Waals surface area contributed by atoms with E-state index in [-0.39, 0.29) is 18.2 Å². The summed E-state index contributed by atoms with van der Waals surface area (Å²) < 4.78 is 1.91. The molecule has 0 aliphatic heterocycles. The molecule has 178 valence electrons. The highest BCUT2D eigenvalue weighted by molar-refractivity contribution is 6.42. The summed E-state index contributed by atoms with van der Waals surface area (Å²) in [7, 11) is 0. The Morgan fingerprint density at radius 3 is 2.77 bits per heavy atom. The molecule has 5 rings (SSSR count). The number of aliphatic hydroxyl groups excluding tert-OH is 1. The minimum Gasteiger partial charge on any atom is -0.394 e. The van der Waals surface area contributed by atoms with Gasteiger partial charge in [0.1, 0.15) is 11.4 Å². The van der Waals surface area contributed by atoms with Gasteiger partial charge in [0.05, 0.1) is 45.7 Å². The van der Waals surface area contributed by atoms with Crippen molar-refractivity contribution >= 4 is 39.9 Å². The van der Waals surface area contributed by atoms with Crippen molar-refractivity contribution in [2.75, 3.05) is 11.9 Å². The molecular formula is C25H22Cl2N6O2. The minimum absolute atomic E-state index is 0.153. The number of rotatable bonds is 7. The zero-order chi connectivity index (χ0) is 24.5. The van der Waals surface area contributed by atoms with Crippen LogP contribution < -0.4 is 10.9 Å². The Morgan fingerprint density at radius 2 is 2.03 bits per heavy atom. The molecule has 0 fully saturated rings. The van der Waals surface area contributed by atoms with Crippen LogP contribution in [0.5, 0.6) is 0 Å². The number of halogens is 2. The largest absolute Gasteiger partial charge is 0.394 e. The molecule has 8 nitrogen and oxygen atoms in total. The van der Waals surface area contributed by atoms with Crippen LogP contribution in [0.2, 0.25) is 10.0 Å². The third-order valence-corrected chi connectivity index (χ3v) is 6.55. The number of hydrogen-bond acceptors (Lipinski definition) is 5. The van der Waals surface area contributed by atoms with E-state index < -0.39 is 0 Å². The first kappa shape index (κ1) is 23.2. The first-order chi connectivity index (χ1) is 16.9. The Hall–Kier alpha value is -3.59. The molecule has 10 heteroatoms. The molecule has 0 saturated carbocycles. The van der Waals surface area contributed by atoms with Crippen LogP contribution in [-0.2, 0) is 6.42 Å². The maximum atomic E-state index is 12.9. The van der Waals surface area contributed by atoms with Crippen LogP contribution in [0, 0.1) is 6.92 Å². The lowest BCUT2D eigenvalue weighted by Crippen LogP contribution is -2.28.